The molecular formula is C15H29N5S2. The van der Waals surface area contributed by atoms with Gasteiger partial charge >= 0.3 is 0 Å². The summed E-state index contributed by atoms with van der Waals surface area (Å²) in [5, 5.41) is 0. The van der Waals surface area contributed by atoms with E-state index >= 15 is 0 Å². The van der Waals surface area contributed by atoms with E-state index in [1.807, 2.05) is 11.8 Å². The van der Waals surface area contributed by atoms with Gasteiger partial charge in [0.1, 0.15) is 5.82 Å². The largest absolute Gasteiger partial charge is 0.368 e. The van der Waals surface area contributed by atoms with Crippen LogP contribution in [0.5, 0.6) is 0 Å². The van der Waals surface area contributed by atoms with E-state index in [0.29, 0.717) is 5.82 Å². The summed E-state index contributed by atoms with van der Waals surface area (Å²) in [5.41, 5.74) is 11.1. The van der Waals surface area contributed by atoms with Crippen molar-refractivity contribution in [3.8, 4) is 0 Å². The Bertz CT molecular complexity index is 383. The Morgan fingerprint density at radius 2 is 1.27 bits per heavy atom. The lowest BCUT2D eigenvalue weighted by molar-refractivity contribution is 0.588. The Balaban J connectivity index is 1.89. The van der Waals surface area contributed by atoms with E-state index in [1.54, 1.807) is 0 Å². The summed E-state index contributed by atoms with van der Waals surface area (Å²) >= 11 is 6.17. The Hall–Kier alpha value is -0.690. The fraction of sp³-hybridized carbons (Fsp3) is 0.800. The number of nitrogen functional groups attached to an aromatic ring is 2. The van der Waals surface area contributed by atoms with Crippen LogP contribution >= 0.6 is 24.4 Å². The van der Waals surface area contributed by atoms with Gasteiger partial charge in [0.05, 0.1) is 0 Å². The van der Waals surface area contributed by atoms with E-state index in [4.69, 9.17) is 11.5 Å². The molecule has 1 aromatic rings. The quantitative estimate of drug-likeness (QED) is 0.376. The molecule has 0 spiro atoms. The smallest absolute Gasteiger partial charge is 0.225 e. The number of nitrogens with two attached hydrogens (primary N) is 2. The van der Waals surface area contributed by atoms with Gasteiger partial charge in [-0.1, -0.05) is 38.5 Å². The topological polar surface area (TPSA) is 90.7 Å². The Morgan fingerprint density at radius 3 is 1.86 bits per heavy atom. The first-order valence-electron chi connectivity index (χ1n) is 8.17. The zero-order valence-electron chi connectivity index (χ0n) is 13.3. The summed E-state index contributed by atoms with van der Waals surface area (Å²) < 4.78 is 0. The van der Waals surface area contributed by atoms with E-state index in [0.717, 1.165) is 17.9 Å². The molecule has 5 nitrogen and oxygen atoms in total. The van der Waals surface area contributed by atoms with E-state index in [9.17, 15) is 0 Å². The average Bonchev–Trinajstić information content (AvgIpc) is 2.47. The second-order valence-corrected chi connectivity index (χ2v) is 7.05. The van der Waals surface area contributed by atoms with Crippen molar-refractivity contribution in [2.75, 3.05) is 28.7 Å². The molecule has 0 atom stereocenters. The minimum atomic E-state index is 0.210. The normalized spacial score (nSPS) is 11.0. The Labute approximate surface area is 143 Å². The number of nitrogens with zero attached hydrogens (tertiary/aromatic N) is 3. The predicted molar refractivity (Wildman–Crippen MR) is 100 cm³/mol. The van der Waals surface area contributed by atoms with Crippen molar-refractivity contribution in [3.63, 3.8) is 0 Å². The third-order valence-corrected chi connectivity index (χ3v) is 4.77. The summed E-state index contributed by atoms with van der Waals surface area (Å²) in [5.74, 6) is 4.35. The fourth-order valence-electron chi connectivity index (χ4n) is 2.21. The van der Waals surface area contributed by atoms with Crippen LogP contribution in [0, 0.1) is 0 Å². The van der Waals surface area contributed by atoms with Crippen molar-refractivity contribution in [1.82, 2.24) is 15.0 Å². The monoisotopic (exact) mass is 343 g/mol. The number of hydrogen-bond donors (Lipinski definition) is 3. The molecule has 0 saturated carbocycles. The van der Waals surface area contributed by atoms with Gasteiger partial charge in [0.15, 0.2) is 0 Å². The van der Waals surface area contributed by atoms with Gasteiger partial charge < -0.3 is 11.5 Å². The van der Waals surface area contributed by atoms with Gasteiger partial charge in [-0.25, -0.2) is 0 Å². The minimum absolute atomic E-state index is 0.210. The molecule has 0 aliphatic rings. The van der Waals surface area contributed by atoms with Crippen LogP contribution in [0.1, 0.15) is 57.2 Å². The predicted octanol–water partition coefficient (Wildman–Crippen LogP) is 3.36. The average molecular weight is 344 g/mol. The lowest BCUT2D eigenvalue weighted by Crippen LogP contribution is -2.07. The highest BCUT2D eigenvalue weighted by Crippen LogP contribution is 2.12. The first-order valence-corrected chi connectivity index (χ1v) is 9.95. The molecular weight excluding hydrogens is 314 g/mol. The van der Waals surface area contributed by atoms with E-state index in [2.05, 4.69) is 27.6 Å². The molecule has 0 aromatic carbocycles. The summed E-state index contributed by atoms with van der Waals surface area (Å²) in [7, 11) is 0. The number of thioether (sulfide) groups is 1. The fourth-order valence-corrected chi connectivity index (χ4v) is 3.37. The highest BCUT2D eigenvalue weighted by molar-refractivity contribution is 7.99. The van der Waals surface area contributed by atoms with Crippen molar-refractivity contribution >= 4 is 36.3 Å². The van der Waals surface area contributed by atoms with Crippen LogP contribution in [0.4, 0.5) is 11.9 Å². The number of aryl methyl sites for hydroxylation is 1. The SMILES string of the molecule is Nc1nc(N)nc(CCSCCCCCCCCCCS)n1. The number of hydrogen-bond acceptors (Lipinski definition) is 7. The number of thiol groups is 1. The van der Waals surface area contributed by atoms with Gasteiger partial charge in [0, 0.05) is 12.2 Å². The van der Waals surface area contributed by atoms with Crippen molar-refractivity contribution in [3.05, 3.63) is 5.82 Å². The maximum atomic E-state index is 5.54. The maximum Gasteiger partial charge on any atom is 0.225 e. The molecule has 126 valence electrons. The first-order chi connectivity index (χ1) is 10.7. The van der Waals surface area contributed by atoms with Gasteiger partial charge in [0.2, 0.25) is 11.9 Å². The molecule has 1 heterocycles. The van der Waals surface area contributed by atoms with E-state index in [-0.39, 0.29) is 11.9 Å². The van der Waals surface area contributed by atoms with Crippen LogP contribution in [0.15, 0.2) is 0 Å². The minimum Gasteiger partial charge on any atom is -0.368 e. The highest BCUT2D eigenvalue weighted by atomic mass is 32.2. The van der Waals surface area contributed by atoms with Gasteiger partial charge in [-0.2, -0.15) is 39.3 Å². The third kappa shape index (κ3) is 10.1. The number of rotatable bonds is 13. The van der Waals surface area contributed by atoms with Crippen molar-refractivity contribution < 1.29 is 0 Å². The molecule has 0 saturated heterocycles. The number of unbranched alkanes of at least 4 members (excludes halogenated alkanes) is 7. The number of aromatic nitrogens is 3. The first kappa shape index (κ1) is 19.4. The van der Waals surface area contributed by atoms with E-state index in [1.165, 1.54) is 57.1 Å². The van der Waals surface area contributed by atoms with Gasteiger partial charge in [-0.15, -0.1) is 0 Å². The van der Waals surface area contributed by atoms with Crippen molar-refractivity contribution in [2.24, 2.45) is 0 Å². The molecule has 1 rings (SSSR count). The highest BCUT2D eigenvalue weighted by Gasteiger charge is 2.01. The zero-order chi connectivity index (χ0) is 16.0. The van der Waals surface area contributed by atoms with Crippen LogP contribution < -0.4 is 11.5 Å². The molecule has 0 fully saturated rings. The standard InChI is InChI=1S/C15H29N5S2/c16-14-18-13(19-15(17)20-14)9-12-22-11-8-6-4-2-1-3-5-7-10-21/h21H,1-12H2,(H4,16,17,18,19,20). The van der Waals surface area contributed by atoms with Gasteiger partial charge in [0.25, 0.3) is 0 Å². The molecule has 0 aliphatic carbocycles. The Morgan fingerprint density at radius 1 is 0.727 bits per heavy atom. The van der Waals surface area contributed by atoms with Crippen LogP contribution in [-0.2, 0) is 6.42 Å². The molecule has 22 heavy (non-hydrogen) atoms. The summed E-state index contributed by atoms with van der Waals surface area (Å²) in [4.78, 5) is 11.9. The molecule has 0 radical (unpaired) electrons. The van der Waals surface area contributed by atoms with Gasteiger partial charge in [-0.3, -0.25) is 0 Å². The molecule has 0 bridgehead atoms. The zero-order valence-corrected chi connectivity index (χ0v) is 15.0. The van der Waals surface area contributed by atoms with Gasteiger partial charge in [-0.05, 0) is 24.3 Å². The molecule has 4 N–H and O–H groups in total. The molecule has 0 aliphatic heterocycles. The molecule has 7 heteroatoms. The lowest BCUT2D eigenvalue weighted by atomic mass is 10.1. The van der Waals surface area contributed by atoms with E-state index < -0.39 is 0 Å². The van der Waals surface area contributed by atoms with Crippen molar-refractivity contribution in [1.29, 1.82) is 0 Å². The summed E-state index contributed by atoms with van der Waals surface area (Å²) in [6, 6.07) is 0. The van der Waals surface area contributed by atoms with Crippen LogP contribution in [0.3, 0.4) is 0 Å². The van der Waals surface area contributed by atoms with Crippen LogP contribution in [-0.4, -0.2) is 32.2 Å². The Kier molecular flexibility index (Phi) is 11.3. The summed E-state index contributed by atoms with van der Waals surface area (Å²) in [6.07, 6.45) is 11.5. The summed E-state index contributed by atoms with van der Waals surface area (Å²) in [6.45, 7) is 0. The molecule has 0 unspecified atom stereocenters. The molecule has 1 aromatic heterocycles. The lowest BCUT2D eigenvalue weighted by Gasteiger charge is -2.03. The molecule has 0 amide bonds. The maximum absolute atomic E-state index is 5.54. The second-order valence-electron chi connectivity index (χ2n) is 5.38. The van der Waals surface area contributed by atoms with Crippen LogP contribution in [0.25, 0.3) is 0 Å². The second kappa shape index (κ2) is 12.8. The number of anilines is 2. The third-order valence-electron chi connectivity index (χ3n) is 3.38. The van der Waals surface area contributed by atoms with Crippen molar-refractivity contribution in [2.45, 2.75) is 57.8 Å². The van der Waals surface area contributed by atoms with Crippen LogP contribution in [0.2, 0.25) is 0 Å².